The molecule has 0 heterocycles. The summed E-state index contributed by atoms with van der Waals surface area (Å²) in [6.07, 6.45) is 17.2. The Morgan fingerprint density at radius 3 is 2.75 bits per heavy atom. The Morgan fingerprint density at radius 2 is 2.07 bits per heavy atom. The van der Waals surface area contributed by atoms with Crippen molar-refractivity contribution in [3.05, 3.63) is 58.7 Å². The van der Waals surface area contributed by atoms with E-state index in [0.717, 1.165) is 25.1 Å². The number of fused-ring (bicyclic) bond motifs is 1. The number of carboxylic acid groups (broad SMARTS) is 1. The summed E-state index contributed by atoms with van der Waals surface area (Å²) in [5.74, 6) is -0.0494. The molecule has 0 aromatic carbocycles. The monoisotopic (exact) mass is 445 g/mol. The van der Waals surface area contributed by atoms with Gasteiger partial charge in [-0.25, -0.2) is 0 Å². The SMILES string of the molecule is C=N/N=C(/CCCC(=O)O)N(CBr)CC1=C2CC=CC=CC2=C(CC)CC=C1. The topological polar surface area (TPSA) is 65.3 Å². The minimum absolute atomic E-state index is 0.114. The molecule has 1 N–H and O–H groups in total. The first kappa shape index (κ1) is 22.1. The van der Waals surface area contributed by atoms with Crippen LogP contribution in [0.2, 0.25) is 0 Å². The smallest absolute Gasteiger partial charge is 0.303 e. The van der Waals surface area contributed by atoms with E-state index in [1.807, 2.05) is 0 Å². The van der Waals surface area contributed by atoms with Crippen LogP contribution in [0.3, 0.4) is 0 Å². The second-order valence-corrected chi connectivity index (χ2v) is 7.20. The molecule has 0 saturated heterocycles. The minimum Gasteiger partial charge on any atom is -0.481 e. The number of allylic oxidation sites excluding steroid dienone is 8. The molecule has 0 aromatic rings. The van der Waals surface area contributed by atoms with Crippen molar-refractivity contribution < 1.29 is 9.90 Å². The van der Waals surface area contributed by atoms with Crippen LogP contribution >= 0.6 is 15.9 Å². The first-order valence-corrected chi connectivity index (χ1v) is 10.7. The van der Waals surface area contributed by atoms with Crippen molar-refractivity contribution in [2.24, 2.45) is 10.2 Å². The Kier molecular flexibility index (Phi) is 9.14. The Morgan fingerprint density at radius 1 is 1.25 bits per heavy atom. The maximum absolute atomic E-state index is 10.8. The zero-order valence-electron chi connectivity index (χ0n) is 16.4. The number of alkyl halides is 1. The number of rotatable bonds is 9. The molecule has 0 spiro atoms. The third-order valence-electron chi connectivity index (χ3n) is 4.88. The molecule has 0 atom stereocenters. The summed E-state index contributed by atoms with van der Waals surface area (Å²) in [5, 5.41) is 16.8. The maximum Gasteiger partial charge on any atom is 0.303 e. The van der Waals surface area contributed by atoms with Crippen molar-refractivity contribution in [3.63, 3.8) is 0 Å². The van der Waals surface area contributed by atoms with Gasteiger partial charge in [0.1, 0.15) is 5.84 Å². The Balaban J connectivity index is 2.32. The highest BCUT2D eigenvalue weighted by Crippen LogP contribution is 2.32. The number of aliphatic carboxylic acids is 1. The molecule has 0 radical (unpaired) electrons. The minimum atomic E-state index is -0.799. The number of nitrogens with zero attached hydrogens (tertiary/aromatic N) is 3. The average molecular weight is 446 g/mol. The van der Waals surface area contributed by atoms with Crippen LogP contribution in [-0.2, 0) is 4.79 Å². The van der Waals surface area contributed by atoms with Gasteiger partial charge >= 0.3 is 5.97 Å². The van der Waals surface area contributed by atoms with E-state index in [1.165, 1.54) is 22.3 Å². The summed E-state index contributed by atoms with van der Waals surface area (Å²) >= 11 is 3.56. The van der Waals surface area contributed by atoms with Crippen LogP contribution in [0, 0.1) is 0 Å². The number of hydrogen-bond donors (Lipinski definition) is 1. The van der Waals surface area contributed by atoms with Crippen LogP contribution in [-0.4, -0.2) is 40.5 Å². The fourth-order valence-corrected chi connectivity index (χ4v) is 3.92. The van der Waals surface area contributed by atoms with Gasteiger partial charge in [-0.1, -0.05) is 64.9 Å². The third kappa shape index (κ3) is 6.16. The molecular weight excluding hydrogens is 418 g/mol. The van der Waals surface area contributed by atoms with Gasteiger partial charge in [-0.05, 0) is 42.4 Å². The van der Waals surface area contributed by atoms with Gasteiger partial charge in [0.2, 0.25) is 0 Å². The largest absolute Gasteiger partial charge is 0.481 e. The van der Waals surface area contributed by atoms with E-state index in [2.05, 4.69) is 81.1 Å². The summed E-state index contributed by atoms with van der Waals surface area (Å²) in [7, 11) is 0. The van der Waals surface area contributed by atoms with Crippen LogP contribution in [0.4, 0.5) is 0 Å². The van der Waals surface area contributed by atoms with Crippen molar-refractivity contribution in [2.45, 2.75) is 45.4 Å². The lowest BCUT2D eigenvalue weighted by Gasteiger charge is -2.25. The molecule has 0 aliphatic heterocycles. The zero-order chi connectivity index (χ0) is 20.4. The standard InChI is InChI=1S/C22H28BrN3O2/c1-3-17-9-7-10-18(20-12-6-4-5-11-19(17)20)15-26(16-23)21(25-24-2)13-8-14-22(27)28/h4-7,10-11H,2-3,8-9,12-16H2,1H3,(H,27,28)/b25-21-. The third-order valence-corrected chi connectivity index (χ3v) is 5.49. The van der Waals surface area contributed by atoms with Crippen LogP contribution in [0.15, 0.2) is 69.0 Å². The lowest BCUT2D eigenvalue weighted by Crippen LogP contribution is -2.32. The van der Waals surface area contributed by atoms with Crippen molar-refractivity contribution >= 4 is 34.5 Å². The van der Waals surface area contributed by atoms with Crippen molar-refractivity contribution in [1.29, 1.82) is 0 Å². The van der Waals surface area contributed by atoms with E-state index in [1.54, 1.807) is 0 Å². The average Bonchev–Trinajstić information content (AvgIpc) is 3.01. The number of halogens is 1. The maximum atomic E-state index is 10.8. The molecule has 0 amide bonds. The van der Waals surface area contributed by atoms with E-state index < -0.39 is 5.97 Å². The predicted octanol–water partition coefficient (Wildman–Crippen LogP) is 5.39. The van der Waals surface area contributed by atoms with Gasteiger partial charge in [-0.2, -0.15) is 5.10 Å². The first-order valence-electron chi connectivity index (χ1n) is 9.60. The molecule has 0 bridgehead atoms. The fraction of sp³-hybridized carbons (Fsp3) is 0.409. The summed E-state index contributed by atoms with van der Waals surface area (Å²) in [5.41, 5.74) is 5.98. The van der Waals surface area contributed by atoms with Crippen molar-refractivity contribution in [1.82, 2.24) is 4.90 Å². The molecular formula is C22H28BrN3O2. The van der Waals surface area contributed by atoms with Gasteiger partial charge in [0, 0.05) is 26.1 Å². The molecule has 2 aliphatic carbocycles. The molecule has 6 heteroatoms. The molecule has 150 valence electrons. The summed E-state index contributed by atoms with van der Waals surface area (Å²) in [4.78, 5) is 12.9. The van der Waals surface area contributed by atoms with Crippen molar-refractivity contribution in [2.75, 3.05) is 12.0 Å². The molecule has 0 aromatic heterocycles. The Bertz CT molecular complexity index is 773. The first-order chi connectivity index (χ1) is 13.6. The number of hydrogen-bond acceptors (Lipinski definition) is 3. The predicted molar refractivity (Wildman–Crippen MR) is 120 cm³/mol. The van der Waals surface area contributed by atoms with Crippen LogP contribution in [0.25, 0.3) is 0 Å². The van der Waals surface area contributed by atoms with Gasteiger partial charge in [0.05, 0.1) is 5.45 Å². The fourth-order valence-electron chi connectivity index (χ4n) is 3.46. The Labute approximate surface area is 175 Å². The van der Waals surface area contributed by atoms with Gasteiger partial charge < -0.3 is 10.0 Å². The molecule has 28 heavy (non-hydrogen) atoms. The second-order valence-electron chi connectivity index (χ2n) is 6.69. The van der Waals surface area contributed by atoms with Crippen molar-refractivity contribution in [3.8, 4) is 0 Å². The van der Waals surface area contributed by atoms with Gasteiger partial charge in [0.15, 0.2) is 0 Å². The molecule has 0 fully saturated rings. The van der Waals surface area contributed by atoms with Crippen LogP contribution < -0.4 is 0 Å². The summed E-state index contributed by atoms with van der Waals surface area (Å²) in [6, 6.07) is 0. The van der Waals surface area contributed by atoms with E-state index in [4.69, 9.17) is 5.11 Å². The second kappa shape index (κ2) is 11.6. The summed E-state index contributed by atoms with van der Waals surface area (Å²) in [6.45, 7) is 6.36. The molecule has 0 saturated carbocycles. The zero-order valence-corrected chi connectivity index (χ0v) is 18.0. The number of amidine groups is 1. The quantitative estimate of drug-likeness (QED) is 0.170. The van der Waals surface area contributed by atoms with Crippen LogP contribution in [0.5, 0.6) is 0 Å². The number of carboxylic acids is 1. The highest BCUT2D eigenvalue weighted by atomic mass is 79.9. The van der Waals surface area contributed by atoms with E-state index >= 15 is 0 Å². The number of carbonyl (C=O) groups is 1. The molecule has 5 nitrogen and oxygen atoms in total. The lowest BCUT2D eigenvalue weighted by molar-refractivity contribution is -0.137. The normalized spacial score (nSPS) is 16.7. The van der Waals surface area contributed by atoms with E-state index in [9.17, 15) is 4.79 Å². The molecule has 2 aliphatic rings. The van der Waals surface area contributed by atoms with Crippen LogP contribution in [0.1, 0.15) is 45.4 Å². The highest BCUT2D eigenvalue weighted by Gasteiger charge is 2.19. The Hall–Kier alpha value is -2.21. The highest BCUT2D eigenvalue weighted by molar-refractivity contribution is 9.09. The summed E-state index contributed by atoms with van der Waals surface area (Å²) < 4.78 is 0. The molecule has 0 unspecified atom stereocenters. The van der Waals surface area contributed by atoms with E-state index in [0.29, 0.717) is 24.8 Å². The molecule has 2 rings (SSSR count). The van der Waals surface area contributed by atoms with Gasteiger partial charge in [0.25, 0.3) is 0 Å². The lowest BCUT2D eigenvalue weighted by atomic mass is 9.93. The van der Waals surface area contributed by atoms with E-state index in [-0.39, 0.29) is 6.42 Å². The van der Waals surface area contributed by atoms with Gasteiger partial charge in [-0.15, -0.1) is 5.10 Å². The van der Waals surface area contributed by atoms with Gasteiger partial charge in [-0.3, -0.25) is 4.79 Å².